The van der Waals surface area contributed by atoms with Crippen LogP contribution in [0.2, 0.25) is 0 Å². The van der Waals surface area contributed by atoms with Crippen molar-refractivity contribution in [3.05, 3.63) is 63.7 Å². The summed E-state index contributed by atoms with van der Waals surface area (Å²) >= 11 is 1.93. The maximum Gasteiger partial charge on any atom is 0.490 e. The summed E-state index contributed by atoms with van der Waals surface area (Å²) in [6.07, 6.45) is -10.8. The van der Waals surface area contributed by atoms with E-state index in [1.165, 1.54) is 32.4 Å². The van der Waals surface area contributed by atoms with E-state index in [-0.39, 0.29) is 5.54 Å². The standard InChI is InChI=1S/C24H30N4S.3C2HF3O2/c1-18-4-7-20(8-5-18)22-16-25-23-24(26(3)14-15-28(22)23)10-12-27(13-11-24)17-21-9-6-19(2)29-21;3*3-2(4,5)1(6)7/h4-9,16H,10-15,17H2,1-3H3;3*(H,6,7). The van der Waals surface area contributed by atoms with Crippen LogP contribution in [-0.4, -0.2) is 97.8 Å². The van der Waals surface area contributed by atoms with E-state index in [1.807, 2.05) is 11.3 Å². The molecule has 1 spiro atoms. The molecule has 0 saturated carbocycles. The van der Waals surface area contributed by atoms with Gasteiger partial charge in [0.25, 0.3) is 0 Å². The van der Waals surface area contributed by atoms with E-state index in [1.54, 1.807) is 0 Å². The van der Waals surface area contributed by atoms with E-state index in [0.29, 0.717) is 0 Å². The minimum Gasteiger partial charge on any atom is -0.475 e. The molecule has 50 heavy (non-hydrogen) atoms. The topological polar surface area (TPSA) is 136 Å². The van der Waals surface area contributed by atoms with Gasteiger partial charge in [0.05, 0.1) is 17.4 Å². The smallest absolute Gasteiger partial charge is 0.475 e. The van der Waals surface area contributed by atoms with E-state index in [9.17, 15) is 39.5 Å². The minimum absolute atomic E-state index is 0.0725. The SMILES string of the molecule is Cc1ccc(-c2cnc3n2CCN(C)C32CCN(Cc3ccc(C)s3)CC2)cc1.O=C(O)C(F)(F)F.O=C(O)C(F)(F)F.O=C(O)C(F)(F)F. The van der Waals surface area contributed by atoms with Gasteiger partial charge in [0.2, 0.25) is 0 Å². The van der Waals surface area contributed by atoms with Gasteiger partial charge in [0.1, 0.15) is 5.82 Å². The summed E-state index contributed by atoms with van der Waals surface area (Å²) in [5.74, 6) is -7.00. The van der Waals surface area contributed by atoms with Gasteiger partial charge in [0, 0.05) is 42.5 Å². The van der Waals surface area contributed by atoms with Crippen molar-refractivity contribution in [3.8, 4) is 11.3 Å². The van der Waals surface area contributed by atoms with Gasteiger partial charge in [-0.15, -0.1) is 11.3 Å². The van der Waals surface area contributed by atoms with Gasteiger partial charge in [-0.3, -0.25) is 9.80 Å². The monoisotopic (exact) mass is 748 g/mol. The van der Waals surface area contributed by atoms with E-state index in [4.69, 9.17) is 34.7 Å². The van der Waals surface area contributed by atoms with Crippen molar-refractivity contribution in [1.82, 2.24) is 19.4 Å². The molecule has 1 aromatic carbocycles. The molecule has 1 fully saturated rings. The number of alkyl halides is 9. The number of likely N-dealkylation sites (tertiary alicyclic amines) is 1. The Balaban J connectivity index is 0.000000338. The van der Waals surface area contributed by atoms with E-state index >= 15 is 0 Å². The summed E-state index contributed by atoms with van der Waals surface area (Å²) in [5.41, 5.74) is 3.92. The summed E-state index contributed by atoms with van der Waals surface area (Å²) in [7, 11) is 2.29. The molecule has 3 N–H and O–H groups in total. The summed E-state index contributed by atoms with van der Waals surface area (Å²) in [6.45, 7) is 9.80. The number of carboxylic acid groups (broad SMARTS) is 3. The van der Waals surface area contributed by atoms with Crippen LogP contribution in [0.5, 0.6) is 0 Å². The third kappa shape index (κ3) is 11.7. The Morgan fingerprint density at radius 3 is 1.62 bits per heavy atom. The fraction of sp³-hybridized carbons (Fsp3) is 0.467. The lowest BCUT2D eigenvalue weighted by Gasteiger charge is -2.49. The lowest BCUT2D eigenvalue weighted by Crippen LogP contribution is -2.56. The summed E-state index contributed by atoms with van der Waals surface area (Å²) < 4.78 is 97.7. The van der Waals surface area contributed by atoms with Crippen LogP contribution in [-0.2, 0) is 33.0 Å². The molecule has 10 nitrogen and oxygen atoms in total. The van der Waals surface area contributed by atoms with Gasteiger partial charge >= 0.3 is 36.4 Å². The minimum atomic E-state index is -5.08. The van der Waals surface area contributed by atoms with Crippen LogP contribution in [0.25, 0.3) is 11.3 Å². The second kappa shape index (κ2) is 16.7. The van der Waals surface area contributed by atoms with Crippen molar-refractivity contribution in [2.45, 2.75) is 63.8 Å². The number of carbonyl (C=O) groups is 3. The molecule has 2 aromatic heterocycles. The number of piperidine rings is 1. The van der Waals surface area contributed by atoms with Gasteiger partial charge in [-0.25, -0.2) is 19.4 Å². The van der Waals surface area contributed by atoms with Crippen LogP contribution in [0.15, 0.2) is 42.6 Å². The van der Waals surface area contributed by atoms with Crippen LogP contribution in [0.3, 0.4) is 0 Å². The lowest BCUT2D eigenvalue weighted by molar-refractivity contribution is -0.193. The molecular formula is C30H33F9N4O6S. The van der Waals surface area contributed by atoms with Crippen LogP contribution >= 0.6 is 11.3 Å². The molecule has 0 radical (unpaired) electrons. The first kappa shape index (κ1) is 42.0. The molecule has 4 heterocycles. The number of imidazole rings is 1. The number of aliphatic carboxylic acids is 3. The van der Waals surface area contributed by atoms with Crippen LogP contribution in [0.4, 0.5) is 39.5 Å². The van der Waals surface area contributed by atoms with Crippen LogP contribution in [0, 0.1) is 13.8 Å². The maximum absolute atomic E-state index is 10.6. The molecular weight excluding hydrogens is 715 g/mol. The zero-order valence-corrected chi connectivity index (χ0v) is 27.5. The Morgan fingerprint density at radius 2 is 1.22 bits per heavy atom. The lowest BCUT2D eigenvalue weighted by atomic mass is 9.83. The zero-order chi connectivity index (χ0) is 38.2. The van der Waals surface area contributed by atoms with Gasteiger partial charge in [-0.05, 0) is 51.4 Å². The summed E-state index contributed by atoms with van der Waals surface area (Å²) in [5, 5.41) is 21.4. The largest absolute Gasteiger partial charge is 0.490 e. The Morgan fingerprint density at radius 1 is 0.760 bits per heavy atom. The van der Waals surface area contributed by atoms with Crippen molar-refractivity contribution >= 4 is 29.2 Å². The molecule has 1 saturated heterocycles. The second-order valence-electron chi connectivity index (χ2n) is 11.1. The number of halogens is 9. The maximum atomic E-state index is 10.6. The number of benzene rings is 1. The average Bonchev–Trinajstić information content (AvgIpc) is 3.62. The van der Waals surface area contributed by atoms with Gasteiger partial charge in [-0.2, -0.15) is 39.5 Å². The summed E-state index contributed by atoms with van der Waals surface area (Å²) in [4.78, 5) is 39.8. The quantitative estimate of drug-likeness (QED) is 0.255. The average molecular weight is 749 g/mol. The molecule has 278 valence electrons. The van der Waals surface area contributed by atoms with Gasteiger partial charge in [-0.1, -0.05) is 29.8 Å². The Hall–Kier alpha value is -4.17. The van der Waals surface area contributed by atoms with Crippen molar-refractivity contribution in [3.63, 3.8) is 0 Å². The molecule has 5 rings (SSSR count). The van der Waals surface area contributed by atoms with Crippen LogP contribution < -0.4 is 0 Å². The number of nitrogens with zero attached hydrogens (tertiary/aromatic N) is 4. The molecule has 0 atom stereocenters. The van der Waals surface area contributed by atoms with Gasteiger partial charge < -0.3 is 19.9 Å². The molecule has 3 aromatic rings. The van der Waals surface area contributed by atoms with E-state index < -0.39 is 36.4 Å². The number of likely N-dealkylation sites (N-methyl/N-ethyl adjacent to an activating group) is 1. The Labute approximate surface area is 283 Å². The fourth-order valence-electron chi connectivity index (χ4n) is 5.04. The highest BCUT2D eigenvalue weighted by Crippen LogP contribution is 2.42. The van der Waals surface area contributed by atoms with Crippen molar-refractivity contribution in [1.29, 1.82) is 0 Å². The predicted molar refractivity (Wildman–Crippen MR) is 161 cm³/mol. The highest BCUT2D eigenvalue weighted by molar-refractivity contribution is 7.11. The number of fused-ring (bicyclic) bond motifs is 2. The molecule has 2 aliphatic rings. The predicted octanol–water partition coefficient (Wildman–Crippen LogP) is 6.57. The third-order valence-electron chi connectivity index (χ3n) is 7.60. The molecule has 20 heteroatoms. The Bertz CT molecular complexity index is 1540. The normalized spacial score (nSPS) is 16.1. The number of aryl methyl sites for hydroxylation is 2. The molecule has 0 amide bonds. The first-order valence-electron chi connectivity index (χ1n) is 14.4. The zero-order valence-electron chi connectivity index (χ0n) is 26.7. The number of aromatic nitrogens is 2. The molecule has 0 bridgehead atoms. The summed E-state index contributed by atoms with van der Waals surface area (Å²) in [6, 6.07) is 13.4. The molecule has 0 unspecified atom stereocenters. The van der Waals surface area contributed by atoms with Crippen molar-refractivity contribution in [2.75, 3.05) is 26.7 Å². The first-order valence-corrected chi connectivity index (χ1v) is 15.2. The highest BCUT2D eigenvalue weighted by atomic mass is 32.1. The van der Waals surface area contributed by atoms with E-state index in [0.717, 1.165) is 45.6 Å². The Kier molecular flexibility index (Phi) is 14.0. The number of carboxylic acids is 3. The second-order valence-corrected chi connectivity index (χ2v) is 12.5. The fourth-order valence-corrected chi connectivity index (χ4v) is 5.97. The number of rotatable bonds is 3. The third-order valence-corrected chi connectivity index (χ3v) is 8.58. The van der Waals surface area contributed by atoms with Crippen LogP contribution in [0.1, 0.15) is 34.0 Å². The van der Waals surface area contributed by atoms with Crippen molar-refractivity contribution in [2.24, 2.45) is 0 Å². The number of hydrogen-bond donors (Lipinski definition) is 3. The number of thiophene rings is 1. The molecule has 0 aliphatic carbocycles. The molecule has 2 aliphatic heterocycles. The van der Waals surface area contributed by atoms with Crippen molar-refractivity contribution < 1.29 is 69.2 Å². The van der Waals surface area contributed by atoms with E-state index in [2.05, 4.69) is 77.9 Å². The number of hydrogen-bond acceptors (Lipinski definition) is 7. The first-order chi connectivity index (χ1) is 22.9. The highest BCUT2D eigenvalue weighted by Gasteiger charge is 2.46. The van der Waals surface area contributed by atoms with Gasteiger partial charge in [0.15, 0.2) is 0 Å².